The van der Waals surface area contributed by atoms with Gasteiger partial charge in [-0.3, -0.25) is 4.79 Å². The first-order chi connectivity index (χ1) is 7.20. The van der Waals surface area contributed by atoms with Gasteiger partial charge in [-0.25, -0.2) is 0 Å². The Bertz CT molecular complexity index is 343. The molecular formula is C13H16O2. The van der Waals surface area contributed by atoms with Crippen LogP contribution >= 0.6 is 0 Å². The summed E-state index contributed by atoms with van der Waals surface area (Å²) in [6.45, 7) is 4.69. The monoisotopic (exact) mass is 204 g/mol. The molecule has 1 heterocycles. The first kappa shape index (κ1) is 10.2. The van der Waals surface area contributed by atoms with Crippen LogP contribution in [0.3, 0.4) is 0 Å². The van der Waals surface area contributed by atoms with E-state index in [1.165, 1.54) is 5.56 Å². The molecule has 0 N–H and O–H groups in total. The number of rotatable bonds is 2. The van der Waals surface area contributed by atoms with Crippen LogP contribution in [0.2, 0.25) is 0 Å². The molecule has 1 aliphatic rings. The Labute approximate surface area is 90.3 Å². The lowest BCUT2D eigenvalue weighted by molar-refractivity contribution is -0.142. The van der Waals surface area contributed by atoms with Crippen molar-refractivity contribution in [2.75, 3.05) is 6.61 Å². The molecule has 2 nitrogen and oxygen atoms in total. The molecule has 80 valence electrons. The highest BCUT2D eigenvalue weighted by atomic mass is 16.5. The van der Waals surface area contributed by atoms with Gasteiger partial charge in [0.2, 0.25) is 0 Å². The Balaban J connectivity index is 2.26. The van der Waals surface area contributed by atoms with Crippen LogP contribution in [0.15, 0.2) is 30.3 Å². The lowest BCUT2D eigenvalue weighted by Gasteiger charge is -2.18. The van der Waals surface area contributed by atoms with Gasteiger partial charge in [0.25, 0.3) is 0 Å². The average molecular weight is 204 g/mol. The Hall–Kier alpha value is -1.31. The van der Waals surface area contributed by atoms with Crippen molar-refractivity contribution < 1.29 is 9.53 Å². The van der Waals surface area contributed by atoms with Gasteiger partial charge in [-0.15, -0.1) is 0 Å². The van der Waals surface area contributed by atoms with Crippen LogP contribution in [0.25, 0.3) is 0 Å². The van der Waals surface area contributed by atoms with Crippen LogP contribution in [0.5, 0.6) is 0 Å². The number of cyclic esters (lactones) is 1. The number of ether oxygens (including phenoxy) is 1. The van der Waals surface area contributed by atoms with Gasteiger partial charge in [-0.2, -0.15) is 0 Å². The molecule has 2 heteroatoms. The minimum absolute atomic E-state index is 0.0207. The topological polar surface area (TPSA) is 26.3 Å². The number of carbonyl (C=O) groups excluding carboxylic acids is 1. The normalized spacial score (nSPS) is 25.7. The van der Waals surface area contributed by atoms with E-state index in [1.54, 1.807) is 0 Å². The fourth-order valence-electron chi connectivity index (χ4n) is 2.28. The van der Waals surface area contributed by atoms with E-state index < -0.39 is 0 Å². The fourth-order valence-corrected chi connectivity index (χ4v) is 2.28. The van der Waals surface area contributed by atoms with Crippen molar-refractivity contribution in [2.24, 2.45) is 11.8 Å². The lowest BCUT2D eigenvalue weighted by Crippen LogP contribution is -2.20. The van der Waals surface area contributed by atoms with Crippen LogP contribution < -0.4 is 0 Å². The molecule has 1 saturated heterocycles. The van der Waals surface area contributed by atoms with Crippen LogP contribution in [0, 0.1) is 11.8 Å². The molecular weight excluding hydrogens is 188 g/mol. The summed E-state index contributed by atoms with van der Waals surface area (Å²) in [6.07, 6.45) is 0. The molecule has 1 fully saturated rings. The van der Waals surface area contributed by atoms with E-state index in [4.69, 9.17) is 4.74 Å². The zero-order valence-corrected chi connectivity index (χ0v) is 9.14. The molecule has 0 radical (unpaired) electrons. The third-order valence-corrected chi connectivity index (χ3v) is 3.06. The van der Waals surface area contributed by atoms with Crippen molar-refractivity contribution in [3.63, 3.8) is 0 Å². The molecule has 2 rings (SSSR count). The highest BCUT2D eigenvalue weighted by Crippen LogP contribution is 2.36. The van der Waals surface area contributed by atoms with Crippen molar-refractivity contribution in [2.45, 2.75) is 19.8 Å². The van der Waals surface area contributed by atoms with E-state index in [-0.39, 0.29) is 17.8 Å². The summed E-state index contributed by atoms with van der Waals surface area (Å²) in [7, 11) is 0. The molecule has 2 atom stereocenters. The van der Waals surface area contributed by atoms with Gasteiger partial charge >= 0.3 is 5.97 Å². The summed E-state index contributed by atoms with van der Waals surface area (Å²) in [6, 6.07) is 10.2. The van der Waals surface area contributed by atoms with Gasteiger partial charge in [0.1, 0.15) is 0 Å². The first-order valence-electron chi connectivity index (χ1n) is 5.41. The molecule has 0 bridgehead atoms. The molecule has 1 unspecified atom stereocenters. The number of carbonyl (C=O) groups is 1. The largest absolute Gasteiger partial charge is 0.465 e. The van der Waals surface area contributed by atoms with Gasteiger partial charge in [0.15, 0.2) is 0 Å². The van der Waals surface area contributed by atoms with Gasteiger partial charge in [-0.1, -0.05) is 44.2 Å². The summed E-state index contributed by atoms with van der Waals surface area (Å²) >= 11 is 0. The van der Waals surface area contributed by atoms with Gasteiger partial charge in [-0.05, 0) is 11.5 Å². The number of benzene rings is 1. The highest BCUT2D eigenvalue weighted by molar-refractivity contribution is 5.76. The van der Waals surface area contributed by atoms with Crippen molar-refractivity contribution in [1.29, 1.82) is 0 Å². The first-order valence-corrected chi connectivity index (χ1v) is 5.41. The Morgan fingerprint density at radius 2 is 1.93 bits per heavy atom. The smallest absolute Gasteiger partial charge is 0.309 e. The van der Waals surface area contributed by atoms with E-state index in [1.807, 2.05) is 18.2 Å². The quantitative estimate of drug-likeness (QED) is 0.692. The van der Waals surface area contributed by atoms with E-state index >= 15 is 0 Å². The van der Waals surface area contributed by atoms with Crippen LogP contribution in [-0.2, 0) is 9.53 Å². The average Bonchev–Trinajstić information content (AvgIpc) is 2.61. The standard InChI is InChI=1S/C13H16O2/c1-9(2)12-11(8-15-13(12)14)10-6-4-3-5-7-10/h3-7,9,11-12H,8H2,1-2H3/t11-,12?/m1/s1. The predicted molar refractivity (Wildman–Crippen MR) is 58.5 cm³/mol. The summed E-state index contributed by atoms with van der Waals surface area (Å²) in [5.41, 5.74) is 1.21. The molecule has 1 aliphatic heterocycles. The molecule has 0 aromatic heterocycles. The minimum Gasteiger partial charge on any atom is -0.465 e. The van der Waals surface area contributed by atoms with Crippen molar-refractivity contribution in [1.82, 2.24) is 0 Å². The second kappa shape index (κ2) is 4.05. The molecule has 0 amide bonds. The third-order valence-electron chi connectivity index (χ3n) is 3.06. The second-order valence-electron chi connectivity index (χ2n) is 4.42. The summed E-state index contributed by atoms with van der Waals surface area (Å²) < 4.78 is 5.15. The van der Waals surface area contributed by atoms with E-state index in [0.29, 0.717) is 12.5 Å². The number of esters is 1. The SMILES string of the molecule is CC(C)C1C(=O)OC[C@@H]1c1ccccc1. The maximum atomic E-state index is 11.6. The molecule has 15 heavy (non-hydrogen) atoms. The Kier molecular flexibility index (Phi) is 2.76. The second-order valence-corrected chi connectivity index (χ2v) is 4.42. The molecule has 0 spiro atoms. The van der Waals surface area contributed by atoms with Crippen LogP contribution in [-0.4, -0.2) is 12.6 Å². The minimum atomic E-state index is -0.0427. The lowest BCUT2D eigenvalue weighted by atomic mass is 9.81. The fraction of sp³-hybridized carbons (Fsp3) is 0.462. The van der Waals surface area contributed by atoms with Crippen LogP contribution in [0.4, 0.5) is 0 Å². The number of hydrogen-bond acceptors (Lipinski definition) is 2. The Morgan fingerprint density at radius 3 is 2.53 bits per heavy atom. The highest BCUT2D eigenvalue weighted by Gasteiger charge is 2.39. The zero-order valence-electron chi connectivity index (χ0n) is 9.14. The summed E-state index contributed by atoms with van der Waals surface area (Å²) in [4.78, 5) is 11.6. The zero-order chi connectivity index (χ0) is 10.8. The summed E-state index contributed by atoms with van der Waals surface area (Å²) in [5, 5.41) is 0. The van der Waals surface area contributed by atoms with E-state index in [2.05, 4.69) is 26.0 Å². The maximum Gasteiger partial charge on any atom is 0.309 e. The van der Waals surface area contributed by atoms with E-state index in [0.717, 1.165) is 0 Å². The number of hydrogen-bond donors (Lipinski definition) is 0. The summed E-state index contributed by atoms with van der Waals surface area (Å²) in [5.74, 6) is 0.551. The predicted octanol–water partition coefficient (Wildman–Crippen LogP) is 2.60. The van der Waals surface area contributed by atoms with E-state index in [9.17, 15) is 4.79 Å². The van der Waals surface area contributed by atoms with Gasteiger partial charge in [0, 0.05) is 5.92 Å². The Morgan fingerprint density at radius 1 is 1.27 bits per heavy atom. The maximum absolute atomic E-state index is 11.6. The van der Waals surface area contributed by atoms with Crippen molar-refractivity contribution >= 4 is 5.97 Å². The molecule has 1 aromatic rings. The third kappa shape index (κ3) is 1.89. The van der Waals surface area contributed by atoms with Crippen molar-refractivity contribution in [3.05, 3.63) is 35.9 Å². The molecule has 0 saturated carbocycles. The van der Waals surface area contributed by atoms with Gasteiger partial charge in [0.05, 0.1) is 12.5 Å². The van der Waals surface area contributed by atoms with Gasteiger partial charge < -0.3 is 4.74 Å². The molecule has 0 aliphatic carbocycles. The van der Waals surface area contributed by atoms with Crippen LogP contribution in [0.1, 0.15) is 25.3 Å². The molecule has 1 aromatic carbocycles. The van der Waals surface area contributed by atoms with Crippen molar-refractivity contribution in [3.8, 4) is 0 Å².